The van der Waals surface area contributed by atoms with Crippen molar-refractivity contribution in [1.82, 2.24) is 10.6 Å². The van der Waals surface area contributed by atoms with Crippen LogP contribution in [-0.4, -0.2) is 18.0 Å². The molecular formula is C17H20N2O. The Morgan fingerprint density at radius 1 is 1.20 bits per heavy atom. The van der Waals surface area contributed by atoms with Crippen molar-refractivity contribution in [3.05, 3.63) is 48.0 Å². The Bertz CT molecular complexity index is 614. The number of nitrogens with one attached hydrogen (secondary N) is 2. The van der Waals surface area contributed by atoms with Crippen LogP contribution in [-0.2, 0) is 11.3 Å². The molecule has 0 aliphatic heterocycles. The van der Waals surface area contributed by atoms with E-state index in [2.05, 4.69) is 47.0 Å². The Morgan fingerprint density at radius 2 is 1.95 bits per heavy atom. The van der Waals surface area contributed by atoms with Gasteiger partial charge in [-0.25, -0.2) is 0 Å². The highest BCUT2D eigenvalue weighted by Crippen LogP contribution is 2.19. The summed E-state index contributed by atoms with van der Waals surface area (Å²) in [4.78, 5) is 11.9. The molecule has 2 aromatic rings. The monoisotopic (exact) mass is 268 g/mol. The number of fused-ring (bicyclic) bond motifs is 1. The molecule has 0 saturated heterocycles. The summed E-state index contributed by atoms with van der Waals surface area (Å²) in [6.07, 6.45) is 2.25. The summed E-state index contributed by atoms with van der Waals surface area (Å²) in [5.41, 5.74) is 1.23. The summed E-state index contributed by atoms with van der Waals surface area (Å²) < 4.78 is 0. The molecule has 0 bridgehead atoms. The van der Waals surface area contributed by atoms with Gasteiger partial charge in [0.05, 0.1) is 6.04 Å². The number of hydrogen-bond donors (Lipinski definition) is 2. The van der Waals surface area contributed by atoms with Gasteiger partial charge in [-0.1, -0.05) is 42.5 Å². The van der Waals surface area contributed by atoms with Gasteiger partial charge in [0.25, 0.3) is 0 Å². The molecule has 1 saturated carbocycles. The van der Waals surface area contributed by atoms with Gasteiger partial charge in [0.15, 0.2) is 0 Å². The lowest BCUT2D eigenvalue weighted by Gasteiger charge is -2.14. The number of benzene rings is 2. The van der Waals surface area contributed by atoms with E-state index in [9.17, 15) is 4.79 Å². The van der Waals surface area contributed by atoms with Crippen molar-refractivity contribution in [3.8, 4) is 0 Å². The number of rotatable bonds is 5. The van der Waals surface area contributed by atoms with Crippen LogP contribution >= 0.6 is 0 Å². The molecular weight excluding hydrogens is 248 g/mol. The summed E-state index contributed by atoms with van der Waals surface area (Å²) >= 11 is 0. The van der Waals surface area contributed by atoms with Gasteiger partial charge in [-0.05, 0) is 36.1 Å². The molecule has 2 N–H and O–H groups in total. The normalized spacial score (nSPS) is 16.1. The van der Waals surface area contributed by atoms with Crippen molar-refractivity contribution in [2.75, 3.05) is 0 Å². The van der Waals surface area contributed by atoms with Gasteiger partial charge in [0, 0.05) is 12.6 Å². The van der Waals surface area contributed by atoms with E-state index in [1.54, 1.807) is 0 Å². The number of carbonyl (C=O) groups excluding carboxylic acids is 1. The molecule has 1 unspecified atom stereocenters. The summed E-state index contributed by atoms with van der Waals surface area (Å²) in [5.74, 6) is 0.104. The standard InChI is InChI=1S/C17H20N2O/c1-12(17(20)19-15-9-10-15)18-11-14-7-4-6-13-5-2-3-8-16(13)14/h2-8,12,15,18H,9-11H2,1H3,(H,19,20). The third kappa shape index (κ3) is 2.99. The van der Waals surface area contributed by atoms with Crippen LogP contribution in [0.1, 0.15) is 25.3 Å². The van der Waals surface area contributed by atoms with Crippen molar-refractivity contribution in [1.29, 1.82) is 0 Å². The largest absolute Gasteiger partial charge is 0.352 e. The molecule has 3 nitrogen and oxygen atoms in total. The van der Waals surface area contributed by atoms with Crippen molar-refractivity contribution < 1.29 is 4.79 Å². The molecule has 104 valence electrons. The van der Waals surface area contributed by atoms with Crippen LogP contribution in [0.2, 0.25) is 0 Å². The maximum Gasteiger partial charge on any atom is 0.237 e. The summed E-state index contributed by atoms with van der Waals surface area (Å²) in [5, 5.41) is 8.82. The van der Waals surface area contributed by atoms with Gasteiger partial charge >= 0.3 is 0 Å². The molecule has 1 aliphatic carbocycles. The second-order valence-electron chi connectivity index (χ2n) is 5.52. The fraction of sp³-hybridized carbons (Fsp3) is 0.353. The molecule has 1 fully saturated rings. The minimum absolute atomic E-state index is 0.104. The molecule has 0 aromatic heterocycles. The van der Waals surface area contributed by atoms with Gasteiger partial charge < -0.3 is 10.6 Å². The van der Waals surface area contributed by atoms with Crippen LogP contribution in [0, 0.1) is 0 Å². The SMILES string of the molecule is CC(NCc1cccc2ccccc12)C(=O)NC1CC1. The predicted octanol–water partition coefficient (Wildman–Crippen LogP) is 2.60. The topological polar surface area (TPSA) is 41.1 Å². The number of hydrogen-bond acceptors (Lipinski definition) is 2. The van der Waals surface area contributed by atoms with Crippen LogP contribution in [0.4, 0.5) is 0 Å². The molecule has 0 radical (unpaired) electrons. The lowest BCUT2D eigenvalue weighted by atomic mass is 10.0. The minimum Gasteiger partial charge on any atom is -0.352 e. The molecule has 0 spiro atoms. The van der Waals surface area contributed by atoms with Crippen LogP contribution in [0.25, 0.3) is 10.8 Å². The molecule has 1 atom stereocenters. The molecule has 1 amide bonds. The van der Waals surface area contributed by atoms with Crippen LogP contribution in [0.15, 0.2) is 42.5 Å². The second-order valence-corrected chi connectivity index (χ2v) is 5.52. The quantitative estimate of drug-likeness (QED) is 0.875. The third-order valence-electron chi connectivity index (χ3n) is 3.80. The maximum absolute atomic E-state index is 11.9. The van der Waals surface area contributed by atoms with Crippen LogP contribution in [0.3, 0.4) is 0 Å². The van der Waals surface area contributed by atoms with E-state index in [1.165, 1.54) is 16.3 Å². The van der Waals surface area contributed by atoms with E-state index in [0.717, 1.165) is 12.8 Å². The van der Waals surface area contributed by atoms with Crippen LogP contribution < -0.4 is 10.6 Å². The van der Waals surface area contributed by atoms with E-state index < -0.39 is 0 Å². The zero-order valence-corrected chi connectivity index (χ0v) is 11.7. The molecule has 3 heteroatoms. The number of carbonyl (C=O) groups is 1. The first-order valence-corrected chi connectivity index (χ1v) is 7.24. The highest BCUT2D eigenvalue weighted by atomic mass is 16.2. The van der Waals surface area contributed by atoms with Crippen molar-refractivity contribution in [2.24, 2.45) is 0 Å². The van der Waals surface area contributed by atoms with Gasteiger partial charge in [-0.3, -0.25) is 4.79 Å². The fourth-order valence-corrected chi connectivity index (χ4v) is 2.36. The fourth-order valence-electron chi connectivity index (χ4n) is 2.36. The average molecular weight is 268 g/mol. The van der Waals surface area contributed by atoms with Gasteiger partial charge in [0.1, 0.15) is 0 Å². The predicted molar refractivity (Wildman–Crippen MR) is 81.4 cm³/mol. The Morgan fingerprint density at radius 3 is 2.75 bits per heavy atom. The zero-order valence-electron chi connectivity index (χ0n) is 11.7. The van der Waals surface area contributed by atoms with E-state index in [1.807, 2.05) is 13.0 Å². The van der Waals surface area contributed by atoms with Crippen molar-refractivity contribution in [2.45, 2.75) is 38.4 Å². The summed E-state index contributed by atoms with van der Waals surface area (Å²) in [6.45, 7) is 2.63. The highest BCUT2D eigenvalue weighted by molar-refractivity contribution is 5.86. The Labute approximate surface area is 119 Å². The average Bonchev–Trinajstić information content (AvgIpc) is 3.28. The minimum atomic E-state index is -0.158. The Kier molecular flexibility index (Phi) is 3.70. The van der Waals surface area contributed by atoms with Crippen molar-refractivity contribution in [3.63, 3.8) is 0 Å². The maximum atomic E-state index is 11.9. The van der Waals surface area contributed by atoms with Gasteiger partial charge in [0.2, 0.25) is 5.91 Å². The Hall–Kier alpha value is -1.87. The molecule has 1 aliphatic rings. The molecule has 0 heterocycles. The van der Waals surface area contributed by atoms with Crippen molar-refractivity contribution >= 4 is 16.7 Å². The lowest BCUT2D eigenvalue weighted by Crippen LogP contribution is -2.42. The molecule has 3 rings (SSSR count). The first-order valence-electron chi connectivity index (χ1n) is 7.24. The third-order valence-corrected chi connectivity index (χ3v) is 3.80. The van der Waals surface area contributed by atoms with Crippen LogP contribution in [0.5, 0.6) is 0 Å². The zero-order chi connectivity index (χ0) is 13.9. The first-order chi connectivity index (χ1) is 9.74. The summed E-state index contributed by atoms with van der Waals surface area (Å²) in [7, 11) is 0. The molecule has 2 aromatic carbocycles. The summed E-state index contributed by atoms with van der Waals surface area (Å²) in [6, 6.07) is 14.9. The van der Waals surface area contributed by atoms with Gasteiger partial charge in [-0.15, -0.1) is 0 Å². The van der Waals surface area contributed by atoms with Gasteiger partial charge in [-0.2, -0.15) is 0 Å². The lowest BCUT2D eigenvalue weighted by molar-refractivity contribution is -0.122. The van der Waals surface area contributed by atoms with E-state index in [-0.39, 0.29) is 11.9 Å². The van der Waals surface area contributed by atoms with E-state index in [0.29, 0.717) is 12.6 Å². The Balaban J connectivity index is 1.65. The first kappa shape index (κ1) is 13.1. The van der Waals surface area contributed by atoms with E-state index >= 15 is 0 Å². The highest BCUT2D eigenvalue weighted by Gasteiger charge is 2.25. The second kappa shape index (κ2) is 5.63. The van der Waals surface area contributed by atoms with E-state index in [4.69, 9.17) is 0 Å². The number of amides is 1. The smallest absolute Gasteiger partial charge is 0.237 e. The molecule has 20 heavy (non-hydrogen) atoms.